The summed E-state index contributed by atoms with van der Waals surface area (Å²) in [4.78, 5) is 0. The molecule has 0 radical (unpaired) electrons. The van der Waals surface area contributed by atoms with Crippen molar-refractivity contribution in [1.29, 1.82) is 0 Å². The fourth-order valence-corrected chi connectivity index (χ4v) is 2.39. The fourth-order valence-electron chi connectivity index (χ4n) is 2.39. The van der Waals surface area contributed by atoms with E-state index in [1.54, 1.807) is 7.11 Å². The van der Waals surface area contributed by atoms with Gasteiger partial charge < -0.3 is 9.84 Å². The summed E-state index contributed by atoms with van der Waals surface area (Å²) in [5, 5.41) is 10.6. The smallest absolute Gasteiger partial charge is 0.125 e. The van der Waals surface area contributed by atoms with Crippen molar-refractivity contribution in [3.8, 4) is 5.75 Å². The lowest BCUT2D eigenvalue weighted by Crippen LogP contribution is -2.11. The van der Waals surface area contributed by atoms with Gasteiger partial charge in [0.25, 0.3) is 0 Å². The van der Waals surface area contributed by atoms with Gasteiger partial charge in [0, 0.05) is 5.56 Å². The summed E-state index contributed by atoms with van der Waals surface area (Å²) in [6.07, 6.45) is -0.672. The Balaban J connectivity index is 2.34. The van der Waals surface area contributed by atoms with Crippen LogP contribution < -0.4 is 4.74 Å². The molecule has 0 saturated heterocycles. The number of aryl methyl sites for hydroxylation is 1. The number of hydrogen-bond acceptors (Lipinski definition) is 2. The van der Waals surface area contributed by atoms with Gasteiger partial charge in [0.1, 0.15) is 11.9 Å². The highest BCUT2D eigenvalue weighted by Gasteiger charge is 2.17. The number of aliphatic hydroxyl groups is 1. The molecule has 0 aromatic heterocycles. The van der Waals surface area contributed by atoms with Crippen molar-refractivity contribution < 1.29 is 9.84 Å². The fraction of sp³-hybridized carbons (Fsp3) is 0.368. The Kier molecular flexibility index (Phi) is 4.38. The predicted octanol–water partition coefficient (Wildman–Crippen LogP) is 4.38. The minimum absolute atomic E-state index is 0.116. The van der Waals surface area contributed by atoms with Gasteiger partial charge in [-0.25, -0.2) is 0 Å². The van der Waals surface area contributed by atoms with Crippen molar-refractivity contribution in [1.82, 2.24) is 0 Å². The summed E-state index contributed by atoms with van der Waals surface area (Å²) in [6, 6.07) is 14.0. The van der Waals surface area contributed by atoms with Gasteiger partial charge in [-0.05, 0) is 35.1 Å². The summed E-state index contributed by atoms with van der Waals surface area (Å²) in [5.41, 5.74) is 4.17. The molecule has 0 saturated carbocycles. The second-order valence-electron chi connectivity index (χ2n) is 6.52. The summed E-state index contributed by atoms with van der Waals surface area (Å²) < 4.78 is 5.39. The Bertz CT molecular complexity index is 606. The number of rotatable bonds is 3. The zero-order valence-electron chi connectivity index (χ0n) is 13.5. The SMILES string of the molecule is COc1cc(C)ccc1C(O)c1ccc(C(C)(C)C)cc1. The van der Waals surface area contributed by atoms with Gasteiger partial charge >= 0.3 is 0 Å². The minimum Gasteiger partial charge on any atom is -0.496 e. The van der Waals surface area contributed by atoms with E-state index in [1.165, 1.54) is 5.56 Å². The average Bonchev–Trinajstić information content (AvgIpc) is 2.45. The highest BCUT2D eigenvalue weighted by Crippen LogP contribution is 2.32. The van der Waals surface area contributed by atoms with Crippen LogP contribution >= 0.6 is 0 Å². The van der Waals surface area contributed by atoms with Gasteiger partial charge in [0.05, 0.1) is 7.11 Å². The lowest BCUT2D eigenvalue weighted by Gasteiger charge is -2.21. The van der Waals surface area contributed by atoms with Crippen LogP contribution in [0.2, 0.25) is 0 Å². The first-order valence-electron chi connectivity index (χ1n) is 7.26. The molecule has 0 spiro atoms. The highest BCUT2D eigenvalue weighted by atomic mass is 16.5. The molecule has 0 heterocycles. The van der Waals surface area contributed by atoms with E-state index in [1.807, 2.05) is 37.3 Å². The Morgan fingerprint density at radius 3 is 2.14 bits per heavy atom. The molecule has 0 bridgehead atoms. The largest absolute Gasteiger partial charge is 0.496 e. The topological polar surface area (TPSA) is 29.5 Å². The Labute approximate surface area is 127 Å². The van der Waals surface area contributed by atoms with Crippen LogP contribution in [-0.4, -0.2) is 12.2 Å². The molecule has 2 rings (SSSR count). The van der Waals surface area contributed by atoms with E-state index in [0.29, 0.717) is 0 Å². The number of ether oxygens (including phenoxy) is 1. The first-order valence-corrected chi connectivity index (χ1v) is 7.26. The van der Waals surface area contributed by atoms with Crippen LogP contribution in [0.5, 0.6) is 5.75 Å². The van der Waals surface area contributed by atoms with Crippen LogP contribution in [0.1, 0.15) is 49.1 Å². The first-order chi connectivity index (χ1) is 9.82. The summed E-state index contributed by atoms with van der Waals surface area (Å²) >= 11 is 0. The molecule has 112 valence electrons. The van der Waals surface area contributed by atoms with Crippen LogP contribution in [0.3, 0.4) is 0 Å². The molecule has 0 aliphatic carbocycles. The molecule has 2 aromatic carbocycles. The third-order valence-electron chi connectivity index (χ3n) is 3.78. The van der Waals surface area contributed by atoms with Crippen LogP contribution in [-0.2, 0) is 5.41 Å². The Morgan fingerprint density at radius 2 is 1.62 bits per heavy atom. The number of hydrogen-bond donors (Lipinski definition) is 1. The van der Waals surface area contributed by atoms with Crippen molar-refractivity contribution in [3.05, 3.63) is 64.7 Å². The molecule has 1 atom stereocenters. The van der Waals surface area contributed by atoms with Gasteiger partial charge in [0.15, 0.2) is 0 Å². The van der Waals surface area contributed by atoms with E-state index in [0.717, 1.165) is 22.4 Å². The second kappa shape index (κ2) is 5.90. The maximum atomic E-state index is 10.6. The zero-order valence-corrected chi connectivity index (χ0v) is 13.5. The third-order valence-corrected chi connectivity index (χ3v) is 3.78. The predicted molar refractivity (Wildman–Crippen MR) is 86.9 cm³/mol. The summed E-state index contributed by atoms with van der Waals surface area (Å²) in [6.45, 7) is 8.56. The van der Waals surface area contributed by atoms with E-state index in [4.69, 9.17) is 4.74 Å². The molecule has 1 N–H and O–H groups in total. The molecule has 2 aromatic rings. The molecule has 0 amide bonds. The number of methoxy groups -OCH3 is 1. The van der Waals surface area contributed by atoms with Crippen molar-refractivity contribution in [3.63, 3.8) is 0 Å². The third kappa shape index (κ3) is 3.45. The summed E-state index contributed by atoms with van der Waals surface area (Å²) in [7, 11) is 1.63. The Hall–Kier alpha value is -1.80. The highest BCUT2D eigenvalue weighted by molar-refractivity contribution is 5.43. The maximum Gasteiger partial charge on any atom is 0.125 e. The monoisotopic (exact) mass is 284 g/mol. The lowest BCUT2D eigenvalue weighted by atomic mass is 9.86. The van der Waals surface area contributed by atoms with E-state index < -0.39 is 6.10 Å². The van der Waals surface area contributed by atoms with Gasteiger partial charge in [-0.3, -0.25) is 0 Å². The average molecular weight is 284 g/mol. The van der Waals surface area contributed by atoms with Crippen LogP contribution in [0.4, 0.5) is 0 Å². The van der Waals surface area contributed by atoms with E-state index in [2.05, 4.69) is 32.9 Å². The van der Waals surface area contributed by atoms with Crippen LogP contribution in [0, 0.1) is 6.92 Å². The minimum atomic E-state index is -0.672. The van der Waals surface area contributed by atoms with Crippen molar-refractivity contribution in [2.24, 2.45) is 0 Å². The quantitative estimate of drug-likeness (QED) is 0.906. The first kappa shape index (κ1) is 15.6. The van der Waals surface area contributed by atoms with Gasteiger partial charge in [-0.1, -0.05) is 57.2 Å². The van der Waals surface area contributed by atoms with Crippen LogP contribution in [0.15, 0.2) is 42.5 Å². The second-order valence-corrected chi connectivity index (χ2v) is 6.52. The molecule has 2 heteroatoms. The van der Waals surface area contributed by atoms with Crippen molar-refractivity contribution in [2.75, 3.05) is 7.11 Å². The number of aliphatic hydroxyl groups excluding tert-OH is 1. The van der Waals surface area contributed by atoms with Gasteiger partial charge in [-0.2, -0.15) is 0 Å². The normalized spacial score (nSPS) is 13.0. The van der Waals surface area contributed by atoms with Crippen molar-refractivity contribution >= 4 is 0 Å². The molecule has 1 unspecified atom stereocenters. The molecular weight excluding hydrogens is 260 g/mol. The standard InChI is InChI=1S/C19H24O2/c1-13-6-11-16(17(12-13)21-5)18(20)14-7-9-15(10-8-14)19(2,3)4/h6-12,18,20H,1-5H3. The summed E-state index contributed by atoms with van der Waals surface area (Å²) in [5.74, 6) is 0.724. The van der Waals surface area contributed by atoms with Crippen molar-refractivity contribution in [2.45, 2.75) is 39.2 Å². The molecule has 2 nitrogen and oxygen atoms in total. The van der Waals surface area contributed by atoms with E-state index >= 15 is 0 Å². The molecule has 21 heavy (non-hydrogen) atoms. The molecular formula is C19H24O2. The lowest BCUT2D eigenvalue weighted by molar-refractivity contribution is 0.214. The van der Waals surface area contributed by atoms with Crippen LogP contribution in [0.25, 0.3) is 0 Å². The van der Waals surface area contributed by atoms with E-state index in [-0.39, 0.29) is 5.41 Å². The number of benzene rings is 2. The molecule has 0 fully saturated rings. The Morgan fingerprint density at radius 1 is 1.00 bits per heavy atom. The van der Waals surface area contributed by atoms with E-state index in [9.17, 15) is 5.11 Å². The maximum absolute atomic E-state index is 10.6. The van der Waals surface area contributed by atoms with Gasteiger partial charge in [-0.15, -0.1) is 0 Å². The zero-order chi connectivity index (χ0) is 15.6. The van der Waals surface area contributed by atoms with Gasteiger partial charge in [0.2, 0.25) is 0 Å². The molecule has 0 aliphatic rings. The molecule has 0 aliphatic heterocycles.